The van der Waals surface area contributed by atoms with Crippen molar-refractivity contribution in [2.75, 3.05) is 6.54 Å². The molecule has 0 radical (unpaired) electrons. The van der Waals surface area contributed by atoms with E-state index in [0.717, 1.165) is 34.3 Å². The van der Waals surface area contributed by atoms with Crippen molar-refractivity contribution < 1.29 is 50.8 Å². The van der Waals surface area contributed by atoms with Crippen molar-refractivity contribution in [1.82, 2.24) is 35.2 Å². The largest absolute Gasteiger partial charge is 0.475 e. The van der Waals surface area contributed by atoms with E-state index in [1.165, 1.54) is 72.0 Å². The number of tetrazole rings is 1. The number of aryl methyl sites for hydroxylation is 1. The Balaban J connectivity index is 1.22. The van der Waals surface area contributed by atoms with Gasteiger partial charge in [-0.3, -0.25) is 4.98 Å². The van der Waals surface area contributed by atoms with Crippen LogP contribution in [0.15, 0.2) is 126 Å². The second-order valence-electron chi connectivity index (χ2n) is 14.7. The maximum atomic E-state index is 16.9. The lowest BCUT2D eigenvalue weighted by atomic mass is 9.83. The number of hydrazone groups is 1. The van der Waals surface area contributed by atoms with Gasteiger partial charge in [-0.25, -0.2) is 27.2 Å². The molecule has 0 saturated carbocycles. The number of ether oxygens (including phenoxy) is 2. The summed E-state index contributed by atoms with van der Waals surface area (Å²) in [6.45, 7) is -1.64. The average molecular weight is 929 g/mol. The van der Waals surface area contributed by atoms with Gasteiger partial charge in [0.1, 0.15) is 53.0 Å². The van der Waals surface area contributed by atoms with Gasteiger partial charge in [0, 0.05) is 30.9 Å². The normalized spacial score (nSPS) is 17.7. The van der Waals surface area contributed by atoms with Crippen LogP contribution in [-0.2, 0) is 24.5 Å². The lowest BCUT2D eigenvalue weighted by Crippen LogP contribution is -2.57. The van der Waals surface area contributed by atoms with Crippen LogP contribution in [0, 0.1) is 34.6 Å². The number of rotatable bonds is 15. The maximum absolute atomic E-state index is 16.9. The Kier molecular flexibility index (Phi) is 12.5. The Morgan fingerprint density at radius 1 is 0.879 bits per heavy atom. The fourth-order valence-corrected chi connectivity index (χ4v) is 7.03. The zero-order chi connectivity index (χ0) is 46.6. The highest BCUT2D eigenvalue weighted by molar-refractivity contribution is 6.30. The second-order valence-corrected chi connectivity index (χ2v) is 15.2. The minimum atomic E-state index is -4.58. The summed E-state index contributed by atoms with van der Waals surface area (Å²) in [6.07, 6.45) is 5.18. The summed E-state index contributed by atoms with van der Waals surface area (Å²) in [5.74, 6) is -8.90. The van der Waals surface area contributed by atoms with Gasteiger partial charge in [0.05, 0.1) is 40.7 Å². The molecule has 3 unspecified atom stereocenters. The molecule has 2 aliphatic rings. The first-order valence-electron chi connectivity index (χ1n) is 19.4. The van der Waals surface area contributed by atoms with Gasteiger partial charge in [0.15, 0.2) is 5.71 Å². The van der Waals surface area contributed by atoms with Crippen molar-refractivity contribution in [2.24, 2.45) is 10.1 Å². The fraction of sp³-hybridized carbons (Fsp3) is 0.186. The molecule has 8 rings (SSSR count). The van der Waals surface area contributed by atoms with Gasteiger partial charge in [-0.2, -0.15) is 18.8 Å². The highest BCUT2D eigenvalue weighted by Gasteiger charge is 2.60. The summed E-state index contributed by atoms with van der Waals surface area (Å²) in [5.41, 5.74) is -3.26. The Labute approximate surface area is 374 Å². The van der Waals surface area contributed by atoms with Gasteiger partial charge in [0.25, 0.3) is 5.84 Å². The van der Waals surface area contributed by atoms with Crippen LogP contribution in [0.25, 0.3) is 5.53 Å². The van der Waals surface area contributed by atoms with Gasteiger partial charge < -0.3 is 24.7 Å². The third-order valence-corrected chi connectivity index (χ3v) is 10.5. The van der Waals surface area contributed by atoms with E-state index in [0.29, 0.717) is 23.2 Å². The van der Waals surface area contributed by atoms with E-state index in [-0.39, 0.29) is 58.9 Å². The number of benzene rings is 3. The van der Waals surface area contributed by atoms with E-state index in [2.05, 4.69) is 41.1 Å². The zero-order valence-corrected chi connectivity index (χ0v) is 34.4. The molecule has 16 nitrogen and oxygen atoms in total. The number of aliphatic hydroxyl groups is 2. The van der Waals surface area contributed by atoms with E-state index >= 15 is 13.2 Å². The SMILES string of the molecule is N#Cc1ccc(OC2C=CC(C(O)(Cn3cnnn3)C(F)(F)c3ccc(F)cc3F)=NC2=[N+]2[N-]N=CN2CC(O)(CCc2ccc(F)cc2F)c2ccc(Oc3ccc(Cl)cn3)cn2)cc1. The van der Waals surface area contributed by atoms with Crippen LogP contribution in [0.2, 0.25) is 5.02 Å². The van der Waals surface area contributed by atoms with Crippen molar-refractivity contribution in [2.45, 2.75) is 42.6 Å². The Hall–Kier alpha value is -7.74. The molecule has 23 heteroatoms. The van der Waals surface area contributed by atoms with Crippen LogP contribution in [0.5, 0.6) is 17.4 Å². The molecule has 336 valence electrons. The molecule has 0 fully saturated rings. The number of aliphatic imine (C=N–C) groups is 1. The summed E-state index contributed by atoms with van der Waals surface area (Å²) in [7, 11) is 0. The lowest BCUT2D eigenvalue weighted by Gasteiger charge is -2.37. The minimum absolute atomic E-state index is 0.0154. The average Bonchev–Trinajstić information content (AvgIpc) is 3.99. The van der Waals surface area contributed by atoms with Crippen molar-refractivity contribution >= 4 is 29.5 Å². The Morgan fingerprint density at radius 3 is 2.30 bits per heavy atom. The summed E-state index contributed by atoms with van der Waals surface area (Å²) < 4.78 is 104. The molecule has 66 heavy (non-hydrogen) atoms. The Bertz CT molecular complexity index is 2900. The monoisotopic (exact) mass is 928 g/mol. The van der Waals surface area contributed by atoms with Crippen LogP contribution in [-0.4, -0.2) is 86.3 Å². The third-order valence-electron chi connectivity index (χ3n) is 10.3. The van der Waals surface area contributed by atoms with Crippen LogP contribution in [0.3, 0.4) is 0 Å². The number of dihydropyridines is 1. The van der Waals surface area contributed by atoms with E-state index in [1.807, 2.05) is 6.07 Å². The molecule has 3 aromatic heterocycles. The first-order valence-corrected chi connectivity index (χ1v) is 19.8. The first-order chi connectivity index (χ1) is 31.6. The summed E-state index contributed by atoms with van der Waals surface area (Å²) in [6, 6.07) is 18.1. The number of aromatic nitrogens is 6. The molecule has 0 spiro atoms. The summed E-state index contributed by atoms with van der Waals surface area (Å²) in [5, 5.41) is 50.2. The van der Waals surface area contributed by atoms with Crippen molar-refractivity contribution in [3.8, 4) is 23.4 Å². The number of amidine groups is 1. The molecule has 0 aliphatic carbocycles. The quantitative estimate of drug-likeness (QED) is 0.0820. The van der Waals surface area contributed by atoms with Crippen LogP contribution in [0.4, 0.5) is 26.3 Å². The van der Waals surface area contributed by atoms with Crippen LogP contribution >= 0.6 is 11.6 Å². The first kappa shape index (κ1) is 44.9. The lowest BCUT2D eigenvalue weighted by molar-refractivity contribution is -0.623. The topological polar surface area (TPSA) is 197 Å². The van der Waals surface area contributed by atoms with Gasteiger partial charge >= 0.3 is 5.92 Å². The van der Waals surface area contributed by atoms with E-state index in [1.54, 1.807) is 6.07 Å². The fourth-order valence-electron chi connectivity index (χ4n) is 6.92. The van der Waals surface area contributed by atoms with Crippen molar-refractivity contribution in [3.05, 3.63) is 172 Å². The minimum Gasteiger partial charge on any atom is -0.475 e. The second kappa shape index (κ2) is 18.4. The van der Waals surface area contributed by atoms with E-state index in [4.69, 9.17) is 21.1 Å². The number of β-amino-alcohol motifs (C(OH)–C–C–N with tert-alkyl or cyclic N) is 1. The van der Waals surface area contributed by atoms with Gasteiger partial charge in [0.2, 0.25) is 17.6 Å². The van der Waals surface area contributed by atoms with E-state index < -0.39 is 70.9 Å². The molecular formula is C43H31ClF6N12O4. The van der Waals surface area contributed by atoms with Gasteiger partial charge in [-0.1, -0.05) is 17.7 Å². The van der Waals surface area contributed by atoms with E-state index in [9.17, 15) is 28.6 Å². The number of hydrogen-bond donors (Lipinski definition) is 2. The summed E-state index contributed by atoms with van der Waals surface area (Å²) >= 11 is 5.94. The molecular weight excluding hydrogens is 898 g/mol. The molecule has 3 atom stereocenters. The molecule has 0 bridgehead atoms. The number of hydrazine groups is 1. The summed E-state index contributed by atoms with van der Waals surface area (Å²) in [4.78, 5) is 13.9. The highest BCUT2D eigenvalue weighted by Crippen LogP contribution is 2.43. The van der Waals surface area contributed by atoms with Crippen molar-refractivity contribution in [1.29, 1.82) is 5.26 Å². The number of halogens is 7. The third kappa shape index (κ3) is 9.39. The molecule has 0 saturated heterocycles. The highest BCUT2D eigenvalue weighted by atomic mass is 35.5. The molecule has 2 aliphatic heterocycles. The van der Waals surface area contributed by atoms with Crippen LogP contribution < -0.4 is 9.47 Å². The van der Waals surface area contributed by atoms with Crippen LogP contribution in [0.1, 0.15) is 28.8 Å². The zero-order valence-electron chi connectivity index (χ0n) is 33.7. The Morgan fingerprint density at radius 2 is 1.64 bits per heavy atom. The number of nitriles is 1. The number of nitrogens with zero attached hydrogens (tertiary/aromatic N) is 12. The molecule has 3 aromatic carbocycles. The number of alkyl halides is 2. The molecule has 2 N–H and O–H groups in total. The predicted octanol–water partition coefficient (Wildman–Crippen LogP) is 6.71. The standard InChI is InChI=1S/C43H31ClF6N12O4/c44-28-4-14-39(53-20-28)66-32-9-12-37(52-21-32)41(63,16-15-27-3-5-29(45)17-34(27)47)22-61-25-55-58-62(61)40-36(65-31-7-1-26(19-51)2-8-31)11-13-38(56-40)42(64,23-60-24-54-57-59-60)43(49,50)33-10-6-30(46)18-35(33)48/h1-14,17-18,20-21,24-25,36,63-64H,15-16,22-23H2. The molecule has 5 heterocycles. The smallest absolute Gasteiger partial charge is 0.313 e. The predicted molar refractivity (Wildman–Crippen MR) is 221 cm³/mol. The van der Waals surface area contributed by atoms with Gasteiger partial charge in [-0.05, 0) is 102 Å². The van der Waals surface area contributed by atoms with Gasteiger partial charge in [-0.15, -0.1) is 20.7 Å². The molecule has 0 amide bonds. The maximum Gasteiger partial charge on any atom is 0.313 e. The molecule has 6 aromatic rings. The number of hydrogen-bond acceptors (Lipinski definition) is 12. The van der Waals surface area contributed by atoms with Crippen molar-refractivity contribution in [3.63, 3.8) is 0 Å². The number of pyridine rings is 2.